The quantitative estimate of drug-likeness (QED) is 0.601. The Labute approximate surface area is 61.6 Å². The monoisotopic (exact) mass is 134 g/mol. The summed E-state index contributed by atoms with van der Waals surface area (Å²) in [5, 5.41) is 0. The van der Waals surface area contributed by atoms with Gasteiger partial charge in [-0.05, 0) is 25.5 Å². The minimum atomic E-state index is 0.451. The molecule has 2 radical (unpaired) electrons. The molecule has 0 aliphatic carbocycles. The minimum absolute atomic E-state index is 0.451. The topological polar surface area (TPSA) is 9.23 Å². The maximum atomic E-state index is 5.16. The van der Waals surface area contributed by atoms with E-state index in [-0.39, 0.29) is 0 Å². The van der Waals surface area contributed by atoms with Gasteiger partial charge in [0.25, 0.3) is 0 Å². The molecule has 0 bridgehead atoms. The Morgan fingerprint density at radius 1 is 1.30 bits per heavy atom. The lowest BCUT2D eigenvalue weighted by molar-refractivity contribution is 0.359. The van der Waals surface area contributed by atoms with Crippen molar-refractivity contribution in [3.05, 3.63) is 43.7 Å². The van der Waals surface area contributed by atoms with E-state index < -0.39 is 0 Å². The molecule has 0 aromatic heterocycles. The molecule has 1 nitrogen and oxygen atoms in total. The summed E-state index contributed by atoms with van der Waals surface area (Å²) < 4.78 is 5.16. The molecule has 0 fully saturated rings. The summed E-state index contributed by atoms with van der Waals surface area (Å²) in [6, 6.07) is 7.64. The van der Waals surface area contributed by atoms with Crippen molar-refractivity contribution in [1.82, 2.24) is 0 Å². The van der Waals surface area contributed by atoms with E-state index in [0.29, 0.717) is 6.61 Å². The summed E-state index contributed by atoms with van der Waals surface area (Å²) in [7, 11) is 0. The predicted molar refractivity (Wildman–Crippen MR) is 41.8 cm³/mol. The molecular weight excluding hydrogens is 124 g/mol. The van der Waals surface area contributed by atoms with Gasteiger partial charge in [-0.2, -0.15) is 0 Å². The van der Waals surface area contributed by atoms with Crippen LogP contribution in [0.5, 0.6) is 5.75 Å². The smallest absolute Gasteiger partial charge is 0.122 e. The van der Waals surface area contributed by atoms with Gasteiger partial charge in [-0.3, -0.25) is 0 Å². The maximum Gasteiger partial charge on any atom is 0.122 e. The van der Waals surface area contributed by atoms with Crippen LogP contribution in [0.1, 0.15) is 5.56 Å². The highest BCUT2D eigenvalue weighted by atomic mass is 16.5. The lowest BCUT2D eigenvalue weighted by Gasteiger charge is -2.04. The van der Waals surface area contributed by atoms with Gasteiger partial charge in [0.05, 0.1) is 6.61 Å². The number of para-hydroxylation sites is 1. The van der Waals surface area contributed by atoms with Gasteiger partial charge < -0.3 is 4.74 Å². The largest absolute Gasteiger partial charge is 0.493 e. The molecule has 0 N–H and O–H groups in total. The third kappa shape index (κ3) is 1.50. The molecule has 0 heterocycles. The summed E-state index contributed by atoms with van der Waals surface area (Å²) in [6.45, 7) is 7.81. The van der Waals surface area contributed by atoms with E-state index in [1.165, 1.54) is 0 Å². The number of hydrogen-bond donors (Lipinski definition) is 0. The summed E-state index contributed by atoms with van der Waals surface area (Å²) in [5.74, 6) is 0.817. The van der Waals surface area contributed by atoms with Gasteiger partial charge in [0.15, 0.2) is 0 Å². The third-order valence-corrected chi connectivity index (χ3v) is 1.23. The van der Waals surface area contributed by atoms with E-state index in [1.54, 1.807) is 0 Å². The predicted octanol–water partition coefficient (Wildman–Crippen LogP) is 2.08. The highest BCUT2D eigenvalue weighted by Crippen LogP contribution is 2.15. The van der Waals surface area contributed by atoms with Crippen molar-refractivity contribution in [2.24, 2.45) is 0 Å². The first-order valence-electron chi connectivity index (χ1n) is 3.17. The lowest BCUT2D eigenvalue weighted by atomic mass is 10.2. The van der Waals surface area contributed by atoms with Crippen LogP contribution >= 0.6 is 0 Å². The molecule has 10 heavy (non-hydrogen) atoms. The van der Waals surface area contributed by atoms with Gasteiger partial charge in [0.2, 0.25) is 0 Å². The van der Waals surface area contributed by atoms with E-state index in [9.17, 15) is 0 Å². The SMILES string of the molecule is [CH2]COc1ccccc1[CH2]. The second-order valence-corrected chi connectivity index (χ2v) is 1.96. The normalized spacial score (nSPS) is 9.40. The van der Waals surface area contributed by atoms with Gasteiger partial charge in [0, 0.05) is 0 Å². The van der Waals surface area contributed by atoms with E-state index in [4.69, 9.17) is 4.74 Å². The van der Waals surface area contributed by atoms with Crippen molar-refractivity contribution in [3.63, 3.8) is 0 Å². The second-order valence-electron chi connectivity index (χ2n) is 1.96. The van der Waals surface area contributed by atoms with Gasteiger partial charge in [-0.25, -0.2) is 0 Å². The molecule has 0 aliphatic rings. The number of ether oxygens (including phenoxy) is 1. The minimum Gasteiger partial charge on any atom is -0.493 e. The van der Waals surface area contributed by atoms with Crippen LogP contribution in [-0.2, 0) is 0 Å². The van der Waals surface area contributed by atoms with E-state index in [2.05, 4.69) is 13.8 Å². The molecule has 1 heteroatoms. The number of benzene rings is 1. The zero-order valence-electron chi connectivity index (χ0n) is 5.84. The highest BCUT2D eigenvalue weighted by Gasteiger charge is 1.93. The zero-order chi connectivity index (χ0) is 7.40. The van der Waals surface area contributed by atoms with Crippen molar-refractivity contribution in [1.29, 1.82) is 0 Å². The Morgan fingerprint density at radius 2 is 2.00 bits per heavy atom. The highest BCUT2D eigenvalue weighted by molar-refractivity contribution is 5.35. The molecule has 1 aromatic rings. The molecule has 0 atom stereocenters. The van der Waals surface area contributed by atoms with Crippen molar-refractivity contribution in [2.45, 2.75) is 0 Å². The van der Waals surface area contributed by atoms with Gasteiger partial charge in [-0.1, -0.05) is 18.2 Å². The van der Waals surface area contributed by atoms with Crippen molar-refractivity contribution < 1.29 is 4.74 Å². The second kappa shape index (κ2) is 3.25. The molecule has 1 aromatic carbocycles. The van der Waals surface area contributed by atoms with Crippen LogP contribution in [-0.4, -0.2) is 6.61 Å². The Hall–Kier alpha value is -0.980. The first kappa shape index (κ1) is 7.13. The Bertz CT molecular complexity index is 206. The standard InChI is InChI=1S/C9H10O/c1-3-10-9-7-5-4-6-8(9)2/h4-7H,1-3H2. The molecule has 0 unspecified atom stereocenters. The molecule has 0 amide bonds. The van der Waals surface area contributed by atoms with Crippen LogP contribution in [0.3, 0.4) is 0 Å². The fourth-order valence-electron chi connectivity index (χ4n) is 0.755. The van der Waals surface area contributed by atoms with Gasteiger partial charge in [-0.15, -0.1) is 0 Å². The Balaban J connectivity index is 2.81. The first-order chi connectivity index (χ1) is 4.84. The summed E-state index contributed by atoms with van der Waals surface area (Å²) in [5.41, 5.74) is 0.908. The zero-order valence-corrected chi connectivity index (χ0v) is 5.84. The fourth-order valence-corrected chi connectivity index (χ4v) is 0.755. The lowest BCUT2D eigenvalue weighted by Crippen LogP contribution is -1.92. The van der Waals surface area contributed by atoms with E-state index >= 15 is 0 Å². The van der Waals surface area contributed by atoms with E-state index in [0.717, 1.165) is 11.3 Å². The summed E-state index contributed by atoms with van der Waals surface area (Å²) >= 11 is 0. The van der Waals surface area contributed by atoms with Crippen LogP contribution in [0.25, 0.3) is 0 Å². The van der Waals surface area contributed by atoms with Crippen molar-refractivity contribution >= 4 is 0 Å². The molecule has 0 aliphatic heterocycles. The van der Waals surface area contributed by atoms with Crippen LogP contribution < -0.4 is 4.74 Å². The van der Waals surface area contributed by atoms with Crippen LogP contribution in [0.4, 0.5) is 0 Å². The molecule has 52 valence electrons. The van der Waals surface area contributed by atoms with E-state index in [1.807, 2.05) is 24.3 Å². The molecular formula is C9H10O. The molecule has 0 spiro atoms. The molecule has 0 saturated carbocycles. The number of rotatable bonds is 2. The first-order valence-corrected chi connectivity index (χ1v) is 3.17. The Kier molecular flexibility index (Phi) is 2.32. The average Bonchev–Trinajstić information content (AvgIpc) is 1.94. The summed E-state index contributed by atoms with van der Waals surface area (Å²) in [4.78, 5) is 0. The molecule has 0 saturated heterocycles. The van der Waals surface area contributed by atoms with Crippen LogP contribution in [0.15, 0.2) is 24.3 Å². The van der Waals surface area contributed by atoms with Gasteiger partial charge in [0.1, 0.15) is 5.75 Å². The Morgan fingerprint density at radius 3 is 2.60 bits per heavy atom. The molecule has 1 rings (SSSR count). The van der Waals surface area contributed by atoms with Gasteiger partial charge >= 0.3 is 0 Å². The maximum absolute atomic E-state index is 5.16. The van der Waals surface area contributed by atoms with Crippen LogP contribution in [0, 0.1) is 13.8 Å². The fraction of sp³-hybridized carbons (Fsp3) is 0.111. The van der Waals surface area contributed by atoms with Crippen molar-refractivity contribution in [3.8, 4) is 5.75 Å². The summed E-state index contributed by atoms with van der Waals surface area (Å²) in [6.07, 6.45) is 0. The number of hydrogen-bond acceptors (Lipinski definition) is 1. The third-order valence-electron chi connectivity index (χ3n) is 1.23. The average molecular weight is 134 g/mol. The van der Waals surface area contributed by atoms with Crippen LogP contribution in [0.2, 0.25) is 0 Å². The van der Waals surface area contributed by atoms with Crippen molar-refractivity contribution in [2.75, 3.05) is 6.61 Å².